The molecule has 13 heavy (non-hydrogen) atoms. The molecule has 1 unspecified atom stereocenters. The van der Waals surface area contributed by atoms with Crippen LogP contribution < -0.4 is 5.32 Å². The molecule has 0 fully saturated rings. The van der Waals surface area contributed by atoms with Gasteiger partial charge in [0.2, 0.25) is 0 Å². The van der Waals surface area contributed by atoms with E-state index in [1.54, 1.807) is 0 Å². The second-order valence-corrected chi connectivity index (χ2v) is 3.18. The Labute approximate surface area is 80.8 Å². The van der Waals surface area contributed by atoms with Crippen LogP contribution in [0.5, 0.6) is 0 Å². The predicted octanol–water partition coefficient (Wildman–Crippen LogP) is 1.72. The fraction of sp³-hybridized carbons (Fsp3) is 0.900. The first-order chi connectivity index (χ1) is 6.24. The standard InChI is InChI=1S/C10H21NO2/c1-4-6-7-9(11-5-2)8-10(12)13-3/h9,11H,4-8H2,1-3H3. The summed E-state index contributed by atoms with van der Waals surface area (Å²) in [5.41, 5.74) is 0. The smallest absolute Gasteiger partial charge is 0.307 e. The summed E-state index contributed by atoms with van der Waals surface area (Å²) in [5, 5.41) is 3.28. The molecule has 78 valence electrons. The van der Waals surface area contributed by atoms with Crippen molar-refractivity contribution in [1.82, 2.24) is 5.32 Å². The minimum Gasteiger partial charge on any atom is -0.469 e. The van der Waals surface area contributed by atoms with E-state index in [1.807, 2.05) is 0 Å². The third kappa shape index (κ3) is 6.58. The Morgan fingerprint density at radius 2 is 2.15 bits per heavy atom. The number of hydrogen-bond donors (Lipinski definition) is 1. The van der Waals surface area contributed by atoms with Crippen molar-refractivity contribution in [3.63, 3.8) is 0 Å². The Morgan fingerprint density at radius 3 is 2.62 bits per heavy atom. The van der Waals surface area contributed by atoms with Gasteiger partial charge in [0.1, 0.15) is 0 Å². The molecule has 0 aromatic carbocycles. The normalized spacial score (nSPS) is 12.5. The molecule has 0 amide bonds. The van der Waals surface area contributed by atoms with E-state index in [0.717, 1.165) is 19.4 Å². The summed E-state index contributed by atoms with van der Waals surface area (Å²) in [6, 6.07) is 0.289. The number of carbonyl (C=O) groups is 1. The lowest BCUT2D eigenvalue weighted by atomic mass is 10.1. The number of unbranched alkanes of at least 4 members (excludes halogenated alkanes) is 1. The Kier molecular flexibility index (Phi) is 7.69. The topological polar surface area (TPSA) is 38.3 Å². The van der Waals surface area contributed by atoms with Crippen LogP contribution in [0.15, 0.2) is 0 Å². The van der Waals surface area contributed by atoms with Gasteiger partial charge in [0.15, 0.2) is 0 Å². The molecule has 0 spiro atoms. The molecular weight excluding hydrogens is 166 g/mol. The average Bonchev–Trinajstić information content (AvgIpc) is 2.14. The molecular formula is C10H21NO2. The number of nitrogens with one attached hydrogen (secondary N) is 1. The van der Waals surface area contributed by atoms with Crippen LogP contribution in [0.3, 0.4) is 0 Å². The molecule has 1 atom stereocenters. The van der Waals surface area contributed by atoms with Crippen LogP contribution in [-0.4, -0.2) is 25.7 Å². The van der Waals surface area contributed by atoms with Gasteiger partial charge in [0, 0.05) is 6.04 Å². The summed E-state index contributed by atoms with van der Waals surface area (Å²) < 4.78 is 4.63. The molecule has 0 heterocycles. The van der Waals surface area contributed by atoms with Gasteiger partial charge in [-0.3, -0.25) is 4.79 Å². The van der Waals surface area contributed by atoms with E-state index in [9.17, 15) is 4.79 Å². The van der Waals surface area contributed by atoms with Crippen LogP contribution in [-0.2, 0) is 9.53 Å². The summed E-state index contributed by atoms with van der Waals surface area (Å²) in [4.78, 5) is 11.0. The second-order valence-electron chi connectivity index (χ2n) is 3.18. The van der Waals surface area contributed by atoms with Crippen LogP contribution in [0.1, 0.15) is 39.5 Å². The fourth-order valence-corrected chi connectivity index (χ4v) is 1.30. The number of esters is 1. The highest BCUT2D eigenvalue weighted by Crippen LogP contribution is 2.05. The van der Waals surface area contributed by atoms with Gasteiger partial charge in [-0.25, -0.2) is 0 Å². The summed E-state index contributed by atoms with van der Waals surface area (Å²) in [6.07, 6.45) is 3.88. The molecule has 0 saturated carbocycles. The molecule has 0 aromatic rings. The maximum atomic E-state index is 11.0. The van der Waals surface area contributed by atoms with Crippen molar-refractivity contribution in [3.05, 3.63) is 0 Å². The molecule has 3 heteroatoms. The third-order valence-electron chi connectivity index (χ3n) is 2.04. The van der Waals surface area contributed by atoms with Crippen LogP contribution in [0.4, 0.5) is 0 Å². The minimum atomic E-state index is -0.123. The van der Waals surface area contributed by atoms with Crippen molar-refractivity contribution >= 4 is 5.97 Å². The number of carbonyl (C=O) groups excluding carboxylic acids is 1. The molecule has 0 bridgehead atoms. The molecule has 0 radical (unpaired) electrons. The summed E-state index contributed by atoms with van der Waals surface area (Å²) in [5.74, 6) is -0.123. The van der Waals surface area contributed by atoms with Gasteiger partial charge in [-0.05, 0) is 13.0 Å². The highest BCUT2D eigenvalue weighted by Gasteiger charge is 2.11. The largest absolute Gasteiger partial charge is 0.469 e. The van der Waals surface area contributed by atoms with Gasteiger partial charge in [-0.1, -0.05) is 26.7 Å². The number of ether oxygens (including phenoxy) is 1. The van der Waals surface area contributed by atoms with Gasteiger partial charge in [-0.2, -0.15) is 0 Å². The van der Waals surface area contributed by atoms with Crippen molar-refractivity contribution in [2.24, 2.45) is 0 Å². The third-order valence-corrected chi connectivity index (χ3v) is 2.04. The lowest BCUT2D eigenvalue weighted by Gasteiger charge is -2.15. The van der Waals surface area contributed by atoms with Crippen molar-refractivity contribution < 1.29 is 9.53 Å². The van der Waals surface area contributed by atoms with E-state index in [-0.39, 0.29) is 12.0 Å². The van der Waals surface area contributed by atoms with Gasteiger partial charge in [-0.15, -0.1) is 0 Å². The van der Waals surface area contributed by atoms with Gasteiger partial charge < -0.3 is 10.1 Å². The van der Waals surface area contributed by atoms with E-state index in [0.29, 0.717) is 6.42 Å². The zero-order chi connectivity index (χ0) is 10.1. The van der Waals surface area contributed by atoms with E-state index < -0.39 is 0 Å². The highest BCUT2D eigenvalue weighted by molar-refractivity contribution is 5.69. The van der Waals surface area contributed by atoms with E-state index in [4.69, 9.17) is 0 Å². The number of methoxy groups -OCH3 is 1. The summed E-state index contributed by atoms with van der Waals surface area (Å²) in [6.45, 7) is 5.11. The van der Waals surface area contributed by atoms with Crippen molar-refractivity contribution in [2.45, 2.75) is 45.6 Å². The molecule has 0 aliphatic carbocycles. The van der Waals surface area contributed by atoms with Gasteiger partial charge in [0.05, 0.1) is 13.5 Å². The van der Waals surface area contributed by atoms with Crippen LogP contribution >= 0.6 is 0 Å². The van der Waals surface area contributed by atoms with E-state index in [2.05, 4.69) is 23.9 Å². The molecule has 3 nitrogen and oxygen atoms in total. The van der Waals surface area contributed by atoms with Gasteiger partial charge in [0.25, 0.3) is 0 Å². The Bertz CT molecular complexity index is 137. The van der Waals surface area contributed by atoms with Crippen molar-refractivity contribution in [2.75, 3.05) is 13.7 Å². The first-order valence-corrected chi connectivity index (χ1v) is 5.04. The summed E-state index contributed by atoms with van der Waals surface area (Å²) >= 11 is 0. The second kappa shape index (κ2) is 8.05. The maximum Gasteiger partial charge on any atom is 0.307 e. The molecule has 0 aliphatic heterocycles. The van der Waals surface area contributed by atoms with Gasteiger partial charge >= 0.3 is 5.97 Å². The molecule has 1 N–H and O–H groups in total. The van der Waals surface area contributed by atoms with Crippen LogP contribution in [0.2, 0.25) is 0 Å². The van der Waals surface area contributed by atoms with E-state index >= 15 is 0 Å². The lowest BCUT2D eigenvalue weighted by Crippen LogP contribution is -2.31. The minimum absolute atomic E-state index is 0.123. The SMILES string of the molecule is CCCCC(CC(=O)OC)NCC. The first-order valence-electron chi connectivity index (χ1n) is 5.04. The zero-order valence-electron chi connectivity index (χ0n) is 8.93. The Balaban J connectivity index is 3.71. The molecule has 0 rings (SSSR count). The zero-order valence-corrected chi connectivity index (χ0v) is 8.93. The molecule has 0 saturated heterocycles. The Hall–Kier alpha value is -0.570. The first kappa shape index (κ1) is 12.4. The monoisotopic (exact) mass is 187 g/mol. The number of rotatable bonds is 7. The van der Waals surface area contributed by atoms with Crippen molar-refractivity contribution in [1.29, 1.82) is 0 Å². The van der Waals surface area contributed by atoms with Crippen LogP contribution in [0, 0.1) is 0 Å². The quantitative estimate of drug-likeness (QED) is 0.617. The maximum absolute atomic E-state index is 11.0. The highest BCUT2D eigenvalue weighted by atomic mass is 16.5. The summed E-state index contributed by atoms with van der Waals surface area (Å²) in [7, 11) is 1.44. The average molecular weight is 187 g/mol. The van der Waals surface area contributed by atoms with Crippen LogP contribution in [0.25, 0.3) is 0 Å². The lowest BCUT2D eigenvalue weighted by molar-refractivity contribution is -0.141. The molecule has 0 aromatic heterocycles. The number of hydrogen-bond acceptors (Lipinski definition) is 3. The van der Waals surface area contributed by atoms with Crippen molar-refractivity contribution in [3.8, 4) is 0 Å². The fourth-order valence-electron chi connectivity index (χ4n) is 1.30. The Morgan fingerprint density at radius 1 is 1.46 bits per heavy atom. The van der Waals surface area contributed by atoms with E-state index in [1.165, 1.54) is 13.5 Å². The molecule has 0 aliphatic rings. The predicted molar refractivity (Wildman–Crippen MR) is 53.6 cm³/mol.